The maximum absolute atomic E-state index is 6.31. The van der Waals surface area contributed by atoms with E-state index in [-0.39, 0.29) is 5.41 Å². The van der Waals surface area contributed by atoms with Crippen LogP contribution in [0.25, 0.3) is 0 Å². The van der Waals surface area contributed by atoms with E-state index in [2.05, 4.69) is 76.2 Å². The van der Waals surface area contributed by atoms with Crippen molar-refractivity contribution in [2.75, 3.05) is 0 Å². The largest absolute Gasteiger partial charge is 0.117 e. The molecule has 0 saturated heterocycles. The third-order valence-electron chi connectivity index (χ3n) is 4.33. The van der Waals surface area contributed by atoms with E-state index in [4.69, 9.17) is 22.5 Å². The quantitative estimate of drug-likeness (QED) is 0.493. The Labute approximate surface area is 151 Å². The Morgan fingerprint density at radius 2 is 1.65 bits per heavy atom. The van der Waals surface area contributed by atoms with Gasteiger partial charge in [0.15, 0.2) is 0 Å². The summed E-state index contributed by atoms with van der Waals surface area (Å²) in [7, 11) is 0. The van der Waals surface area contributed by atoms with Crippen molar-refractivity contribution in [2.45, 2.75) is 51.9 Å². The third kappa shape index (κ3) is 4.96. The molecular formula is C20H25Cl2P. The van der Waals surface area contributed by atoms with Crippen molar-refractivity contribution in [1.82, 2.24) is 0 Å². The molecule has 1 unspecified atom stereocenters. The second-order valence-electron chi connectivity index (χ2n) is 7.05. The van der Waals surface area contributed by atoms with Gasteiger partial charge in [-0.3, -0.25) is 0 Å². The van der Waals surface area contributed by atoms with Crippen molar-refractivity contribution in [2.24, 2.45) is 0 Å². The molecular weight excluding hydrogens is 342 g/mol. The van der Waals surface area contributed by atoms with Gasteiger partial charge in [0.25, 0.3) is 0 Å². The normalized spacial score (nSPS) is 13.3. The van der Waals surface area contributed by atoms with Crippen molar-refractivity contribution < 1.29 is 0 Å². The number of rotatable bonds is 5. The maximum Gasteiger partial charge on any atom is 0.117 e. The van der Waals surface area contributed by atoms with Crippen LogP contribution in [0.15, 0.2) is 48.5 Å². The molecule has 0 nitrogen and oxygen atoms in total. The van der Waals surface area contributed by atoms with Crippen molar-refractivity contribution in [3.05, 3.63) is 65.2 Å². The van der Waals surface area contributed by atoms with Gasteiger partial charge in [0, 0.05) is 5.30 Å². The van der Waals surface area contributed by atoms with E-state index in [1.54, 1.807) is 0 Å². The lowest BCUT2D eigenvalue weighted by molar-refractivity contribution is 0.586. The van der Waals surface area contributed by atoms with Crippen molar-refractivity contribution in [1.29, 1.82) is 0 Å². The number of halogens is 2. The predicted molar refractivity (Wildman–Crippen MR) is 107 cm³/mol. The van der Waals surface area contributed by atoms with Crippen LogP contribution in [-0.4, -0.2) is 0 Å². The Kier molecular flexibility index (Phi) is 6.55. The fourth-order valence-corrected chi connectivity index (χ4v) is 4.43. The standard InChI is InChI=1S/C20H25Cl2P/c1-5-16(13-15-9-7-6-8-10-15)18-14-17(20(2,3)4)11-12-19(18)23(21)22/h6-12,14,16H,5,13H2,1-4H3. The second-order valence-corrected chi connectivity index (χ2v) is 10.5. The first-order valence-corrected chi connectivity index (χ1v) is 11.3. The van der Waals surface area contributed by atoms with Crippen LogP contribution in [0.1, 0.15) is 56.7 Å². The van der Waals surface area contributed by atoms with Crippen LogP contribution in [0.2, 0.25) is 0 Å². The Bertz CT molecular complexity index is 630. The first kappa shape index (κ1) is 18.8. The molecule has 124 valence electrons. The van der Waals surface area contributed by atoms with E-state index >= 15 is 0 Å². The van der Waals surface area contributed by atoms with Crippen molar-refractivity contribution in [3.63, 3.8) is 0 Å². The summed E-state index contributed by atoms with van der Waals surface area (Å²) in [4.78, 5) is 0. The van der Waals surface area contributed by atoms with Crippen LogP contribution in [-0.2, 0) is 11.8 Å². The zero-order valence-corrected chi connectivity index (χ0v) is 16.7. The molecule has 2 rings (SSSR count). The van der Waals surface area contributed by atoms with Crippen LogP contribution < -0.4 is 5.30 Å². The van der Waals surface area contributed by atoms with Crippen LogP contribution in [0.3, 0.4) is 0 Å². The highest BCUT2D eigenvalue weighted by Gasteiger charge is 2.22. The van der Waals surface area contributed by atoms with Crippen LogP contribution in [0.4, 0.5) is 0 Å². The highest BCUT2D eigenvalue weighted by Crippen LogP contribution is 2.48. The topological polar surface area (TPSA) is 0 Å². The Balaban J connectivity index is 2.44. The molecule has 2 aromatic rings. The van der Waals surface area contributed by atoms with E-state index in [1.807, 2.05) is 0 Å². The van der Waals surface area contributed by atoms with Gasteiger partial charge in [0.2, 0.25) is 0 Å². The predicted octanol–water partition coefficient (Wildman–Crippen LogP) is 7.14. The molecule has 0 aliphatic heterocycles. The van der Waals surface area contributed by atoms with Gasteiger partial charge in [-0.05, 0) is 40.9 Å². The first-order valence-electron chi connectivity index (χ1n) is 8.13. The van der Waals surface area contributed by atoms with Crippen LogP contribution >= 0.6 is 29.1 Å². The van der Waals surface area contributed by atoms with Gasteiger partial charge in [0.05, 0.1) is 0 Å². The second kappa shape index (κ2) is 8.02. The average molecular weight is 367 g/mol. The van der Waals surface area contributed by atoms with Gasteiger partial charge in [0.1, 0.15) is 6.63 Å². The van der Waals surface area contributed by atoms with E-state index in [1.165, 1.54) is 16.7 Å². The van der Waals surface area contributed by atoms with E-state index < -0.39 is 6.63 Å². The summed E-state index contributed by atoms with van der Waals surface area (Å²) >= 11 is 12.6. The number of benzene rings is 2. The van der Waals surface area contributed by atoms with Crippen molar-refractivity contribution in [3.8, 4) is 0 Å². The molecule has 0 spiro atoms. The number of hydrogen-bond donors (Lipinski definition) is 0. The fraction of sp³-hybridized carbons (Fsp3) is 0.400. The average Bonchev–Trinajstić information content (AvgIpc) is 2.52. The molecule has 3 heteroatoms. The molecule has 23 heavy (non-hydrogen) atoms. The third-order valence-corrected chi connectivity index (χ3v) is 6.20. The number of hydrogen-bond acceptors (Lipinski definition) is 0. The van der Waals surface area contributed by atoms with E-state index in [9.17, 15) is 0 Å². The molecule has 0 amide bonds. The van der Waals surface area contributed by atoms with Gasteiger partial charge in [-0.2, -0.15) is 0 Å². The summed E-state index contributed by atoms with van der Waals surface area (Å²) < 4.78 is 0. The summed E-state index contributed by atoms with van der Waals surface area (Å²) in [6.07, 6.45) is 2.10. The van der Waals surface area contributed by atoms with E-state index in [0.29, 0.717) is 5.92 Å². The molecule has 2 aromatic carbocycles. The molecule has 0 aliphatic rings. The highest BCUT2D eigenvalue weighted by atomic mass is 35.9. The van der Waals surface area contributed by atoms with Gasteiger partial charge in [-0.1, -0.05) is 98.7 Å². The van der Waals surface area contributed by atoms with Gasteiger partial charge in [-0.25, -0.2) is 0 Å². The molecule has 1 atom stereocenters. The first-order chi connectivity index (χ1) is 10.8. The van der Waals surface area contributed by atoms with Gasteiger partial charge in [-0.15, -0.1) is 0 Å². The molecule has 0 N–H and O–H groups in total. The summed E-state index contributed by atoms with van der Waals surface area (Å²) in [6.45, 7) is 7.84. The van der Waals surface area contributed by atoms with Crippen molar-refractivity contribution >= 4 is 34.4 Å². The minimum atomic E-state index is -1.13. The smallest absolute Gasteiger partial charge is 0.0727 e. The highest BCUT2D eigenvalue weighted by molar-refractivity contribution is 8.08. The summed E-state index contributed by atoms with van der Waals surface area (Å²) in [5, 5.41) is 1.11. The van der Waals surface area contributed by atoms with Crippen LogP contribution in [0, 0.1) is 0 Å². The molecule has 0 aromatic heterocycles. The lowest BCUT2D eigenvalue weighted by Gasteiger charge is -2.25. The molecule has 0 bridgehead atoms. The fourth-order valence-electron chi connectivity index (χ4n) is 2.87. The molecule has 0 saturated carbocycles. The maximum atomic E-state index is 6.31. The molecule has 0 aliphatic carbocycles. The monoisotopic (exact) mass is 366 g/mol. The zero-order valence-electron chi connectivity index (χ0n) is 14.3. The van der Waals surface area contributed by atoms with Crippen LogP contribution in [0.5, 0.6) is 0 Å². The Morgan fingerprint density at radius 1 is 1.00 bits per heavy atom. The Hall–Kier alpha value is -0.550. The SMILES string of the molecule is CCC(Cc1ccccc1)c1cc(C(C)(C)C)ccc1P(Cl)Cl. The summed E-state index contributed by atoms with van der Waals surface area (Å²) in [6, 6.07) is 17.3. The lowest BCUT2D eigenvalue weighted by Crippen LogP contribution is -2.18. The van der Waals surface area contributed by atoms with Gasteiger partial charge < -0.3 is 0 Å². The van der Waals surface area contributed by atoms with Gasteiger partial charge >= 0.3 is 0 Å². The minimum Gasteiger partial charge on any atom is -0.0727 e. The molecule has 0 heterocycles. The summed E-state index contributed by atoms with van der Waals surface area (Å²) in [5.74, 6) is 0.442. The lowest BCUT2D eigenvalue weighted by atomic mass is 9.82. The minimum absolute atomic E-state index is 0.125. The molecule has 0 fully saturated rings. The summed E-state index contributed by atoms with van der Waals surface area (Å²) in [5.41, 5.74) is 4.15. The van der Waals surface area contributed by atoms with E-state index in [0.717, 1.165) is 18.1 Å². The Morgan fingerprint density at radius 3 is 2.17 bits per heavy atom. The zero-order chi connectivity index (χ0) is 17.0. The molecule has 0 radical (unpaired) electrons.